The maximum absolute atomic E-state index is 14.1. The highest BCUT2D eigenvalue weighted by Gasteiger charge is 2.31. The number of amides is 1. The van der Waals surface area contributed by atoms with Gasteiger partial charge in [0, 0.05) is 49.3 Å². The van der Waals surface area contributed by atoms with Crippen molar-refractivity contribution in [1.29, 1.82) is 0 Å². The number of benzene rings is 1. The topological polar surface area (TPSA) is 69.6 Å². The smallest absolute Gasteiger partial charge is 0.256 e. The third kappa shape index (κ3) is 3.02. The Balaban J connectivity index is 1.62. The first-order valence-corrected chi connectivity index (χ1v) is 9.94. The summed E-state index contributed by atoms with van der Waals surface area (Å²) in [6.45, 7) is 2.76. The Labute approximate surface area is 176 Å². The predicted octanol–water partition coefficient (Wildman–Crippen LogP) is 3.28. The van der Waals surface area contributed by atoms with Crippen molar-refractivity contribution < 1.29 is 13.6 Å². The Morgan fingerprint density at radius 3 is 2.68 bits per heavy atom. The van der Waals surface area contributed by atoms with Crippen LogP contribution in [-0.2, 0) is 6.54 Å². The zero-order valence-electron chi connectivity index (χ0n) is 17.0. The van der Waals surface area contributed by atoms with Gasteiger partial charge in [0.25, 0.3) is 11.5 Å². The molecular formula is C23H20F2N4O2. The van der Waals surface area contributed by atoms with Crippen molar-refractivity contribution in [3.05, 3.63) is 87.1 Å². The predicted molar refractivity (Wildman–Crippen MR) is 113 cm³/mol. The maximum Gasteiger partial charge on any atom is 0.256 e. The molecule has 8 heteroatoms. The lowest BCUT2D eigenvalue weighted by Crippen LogP contribution is -2.42. The van der Waals surface area contributed by atoms with Gasteiger partial charge in [0.15, 0.2) is 11.6 Å². The normalized spacial score (nSPS) is 15.9. The van der Waals surface area contributed by atoms with E-state index in [1.807, 2.05) is 35.7 Å². The zero-order valence-corrected chi connectivity index (χ0v) is 17.0. The second kappa shape index (κ2) is 7.02. The summed E-state index contributed by atoms with van der Waals surface area (Å²) < 4.78 is 29.8. The van der Waals surface area contributed by atoms with Crippen LogP contribution >= 0.6 is 0 Å². The van der Waals surface area contributed by atoms with E-state index in [1.54, 1.807) is 18.1 Å². The van der Waals surface area contributed by atoms with Gasteiger partial charge in [-0.3, -0.25) is 9.59 Å². The molecule has 0 saturated carbocycles. The third-order valence-corrected chi connectivity index (χ3v) is 6.04. The molecule has 0 aliphatic carbocycles. The van der Waals surface area contributed by atoms with E-state index in [0.29, 0.717) is 35.3 Å². The van der Waals surface area contributed by atoms with Gasteiger partial charge in [-0.05, 0) is 42.1 Å². The summed E-state index contributed by atoms with van der Waals surface area (Å²) in [5.74, 6) is -2.31. The summed E-state index contributed by atoms with van der Waals surface area (Å²) in [7, 11) is 1.68. The number of rotatable bonds is 2. The molecule has 2 N–H and O–H groups in total. The molecular weight excluding hydrogens is 402 g/mol. The number of hydrogen-bond acceptors (Lipinski definition) is 3. The molecule has 0 spiro atoms. The van der Waals surface area contributed by atoms with Crippen molar-refractivity contribution in [2.45, 2.75) is 19.5 Å². The van der Waals surface area contributed by atoms with E-state index >= 15 is 0 Å². The molecule has 0 fully saturated rings. The number of fused-ring (bicyclic) bond motifs is 4. The van der Waals surface area contributed by atoms with E-state index in [4.69, 9.17) is 0 Å². The standard InChI is InChI=1S/C23H20F2N4O2/c1-12-4-3-5-29-11-13(6-19(12)29)23(31)28(2)20-10-26-9-18-21(20)14-7-16(24)17(25)8-15(14)22(30)27-18/h3-8,11,20,26H,9-10H2,1-2H3,(H,27,30). The van der Waals surface area contributed by atoms with Crippen molar-refractivity contribution in [3.63, 3.8) is 0 Å². The van der Waals surface area contributed by atoms with E-state index in [9.17, 15) is 18.4 Å². The molecule has 1 aliphatic rings. The van der Waals surface area contributed by atoms with Crippen LogP contribution in [0.4, 0.5) is 8.78 Å². The van der Waals surface area contributed by atoms with Crippen LogP contribution in [0, 0.1) is 18.6 Å². The van der Waals surface area contributed by atoms with Crippen LogP contribution in [0.15, 0.2) is 47.5 Å². The van der Waals surface area contributed by atoms with Gasteiger partial charge in [0.1, 0.15) is 0 Å². The molecule has 0 saturated heterocycles. The Kier molecular flexibility index (Phi) is 4.40. The summed E-state index contributed by atoms with van der Waals surface area (Å²) in [4.78, 5) is 30.1. The van der Waals surface area contributed by atoms with Gasteiger partial charge < -0.3 is 19.6 Å². The second-order valence-electron chi connectivity index (χ2n) is 7.93. The number of H-pyrrole nitrogens is 1. The first-order chi connectivity index (χ1) is 14.8. The maximum atomic E-state index is 14.1. The number of hydrogen-bond donors (Lipinski definition) is 2. The summed E-state index contributed by atoms with van der Waals surface area (Å²) in [5, 5.41) is 3.58. The average Bonchev–Trinajstić information content (AvgIpc) is 3.19. The van der Waals surface area contributed by atoms with Crippen LogP contribution in [0.5, 0.6) is 0 Å². The third-order valence-electron chi connectivity index (χ3n) is 6.04. The van der Waals surface area contributed by atoms with Gasteiger partial charge in [-0.2, -0.15) is 0 Å². The number of nitrogens with one attached hydrogen (secondary N) is 2. The van der Waals surface area contributed by atoms with Crippen LogP contribution in [-0.4, -0.2) is 33.8 Å². The quantitative estimate of drug-likeness (QED) is 0.521. The number of pyridine rings is 2. The highest BCUT2D eigenvalue weighted by molar-refractivity contribution is 5.96. The number of aryl methyl sites for hydroxylation is 1. The SMILES string of the molecule is Cc1cccn2cc(C(=O)N(C)C3CNCc4[nH]c(=O)c5cc(F)c(F)cc5c43)cc12. The van der Waals surface area contributed by atoms with Gasteiger partial charge in [-0.15, -0.1) is 0 Å². The lowest BCUT2D eigenvalue weighted by Gasteiger charge is -2.34. The summed E-state index contributed by atoms with van der Waals surface area (Å²) in [6.07, 6.45) is 3.66. The highest BCUT2D eigenvalue weighted by atomic mass is 19.2. The minimum absolute atomic E-state index is 0.0654. The first kappa shape index (κ1) is 19.4. The molecule has 1 aliphatic heterocycles. The van der Waals surface area contributed by atoms with E-state index in [0.717, 1.165) is 23.2 Å². The van der Waals surface area contributed by atoms with Gasteiger partial charge in [0.05, 0.1) is 17.0 Å². The molecule has 4 heterocycles. The molecule has 6 nitrogen and oxygen atoms in total. The number of aromatic amines is 1. The van der Waals surface area contributed by atoms with Gasteiger partial charge in [0.2, 0.25) is 0 Å². The molecule has 0 radical (unpaired) electrons. The fraction of sp³-hybridized carbons (Fsp3) is 0.217. The Bertz CT molecular complexity index is 1420. The lowest BCUT2D eigenvalue weighted by molar-refractivity contribution is 0.0723. The first-order valence-electron chi connectivity index (χ1n) is 9.94. The van der Waals surface area contributed by atoms with Crippen LogP contribution in [0.25, 0.3) is 16.3 Å². The summed E-state index contributed by atoms with van der Waals surface area (Å²) in [6, 6.07) is 7.22. The fourth-order valence-corrected chi connectivity index (χ4v) is 4.43. The monoisotopic (exact) mass is 422 g/mol. The highest BCUT2D eigenvalue weighted by Crippen LogP contribution is 2.33. The summed E-state index contributed by atoms with van der Waals surface area (Å²) in [5.41, 5.74) is 3.22. The largest absolute Gasteiger partial charge is 0.333 e. The van der Waals surface area contributed by atoms with Gasteiger partial charge >= 0.3 is 0 Å². The van der Waals surface area contributed by atoms with Crippen LogP contribution in [0.2, 0.25) is 0 Å². The van der Waals surface area contributed by atoms with E-state index in [1.165, 1.54) is 0 Å². The minimum Gasteiger partial charge on any atom is -0.333 e. The van der Waals surface area contributed by atoms with Crippen molar-refractivity contribution in [2.75, 3.05) is 13.6 Å². The van der Waals surface area contributed by atoms with Crippen molar-refractivity contribution in [3.8, 4) is 0 Å². The molecule has 0 bridgehead atoms. The molecule has 1 amide bonds. The van der Waals surface area contributed by atoms with Crippen LogP contribution in [0.1, 0.15) is 33.2 Å². The molecule has 1 aromatic carbocycles. The van der Waals surface area contributed by atoms with Gasteiger partial charge in [-0.25, -0.2) is 8.78 Å². The number of halogens is 2. The molecule has 31 heavy (non-hydrogen) atoms. The molecule has 1 atom stereocenters. The van der Waals surface area contributed by atoms with Crippen molar-refractivity contribution >= 4 is 22.2 Å². The molecule has 3 aromatic heterocycles. The molecule has 4 aromatic rings. The van der Waals surface area contributed by atoms with Crippen LogP contribution < -0.4 is 10.9 Å². The second-order valence-corrected chi connectivity index (χ2v) is 7.93. The Hall–Kier alpha value is -3.52. The Morgan fingerprint density at radius 1 is 1.19 bits per heavy atom. The fourth-order valence-electron chi connectivity index (χ4n) is 4.43. The van der Waals surface area contributed by atoms with Crippen molar-refractivity contribution in [2.24, 2.45) is 0 Å². The minimum atomic E-state index is -1.08. The van der Waals surface area contributed by atoms with E-state index in [-0.39, 0.29) is 11.3 Å². The molecule has 5 rings (SSSR count). The number of nitrogens with zero attached hydrogens (tertiary/aromatic N) is 2. The number of carbonyl (C=O) groups is 1. The van der Waals surface area contributed by atoms with Gasteiger partial charge in [-0.1, -0.05) is 6.07 Å². The number of likely N-dealkylation sites (N-methyl/N-ethyl adjacent to an activating group) is 1. The number of aromatic nitrogens is 2. The van der Waals surface area contributed by atoms with E-state index < -0.39 is 23.2 Å². The molecule has 158 valence electrons. The number of carbonyl (C=O) groups excluding carboxylic acids is 1. The Morgan fingerprint density at radius 2 is 1.94 bits per heavy atom. The zero-order chi connectivity index (χ0) is 21.9. The molecule has 1 unspecified atom stereocenters. The van der Waals surface area contributed by atoms with Crippen LogP contribution in [0.3, 0.4) is 0 Å². The summed E-state index contributed by atoms with van der Waals surface area (Å²) >= 11 is 0. The average molecular weight is 422 g/mol. The lowest BCUT2D eigenvalue weighted by atomic mass is 9.93. The van der Waals surface area contributed by atoms with E-state index in [2.05, 4.69) is 10.3 Å². The van der Waals surface area contributed by atoms with Crippen molar-refractivity contribution in [1.82, 2.24) is 19.6 Å².